The minimum absolute atomic E-state index is 0.794. The minimum Gasteiger partial charge on any atom is -0.361 e. The van der Waals surface area contributed by atoms with Gasteiger partial charge in [-0.2, -0.15) is 0 Å². The molecule has 0 saturated carbocycles. The number of nitrogens with one attached hydrogen (secondary N) is 1. The molecule has 3 aromatic rings. The number of fused-ring (bicyclic) bond motifs is 1. The van der Waals surface area contributed by atoms with Crippen molar-refractivity contribution in [1.82, 2.24) is 4.98 Å². The Kier molecular flexibility index (Phi) is 2.62. The second-order valence-corrected chi connectivity index (χ2v) is 4.60. The van der Waals surface area contributed by atoms with E-state index in [2.05, 4.69) is 35.4 Å². The first kappa shape index (κ1) is 10.4. The molecule has 1 nitrogen and oxygen atoms in total. The molecule has 0 aliphatic rings. The van der Waals surface area contributed by atoms with E-state index in [9.17, 15) is 0 Å². The highest BCUT2D eigenvalue weighted by Crippen LogP contribution is 2.21. The molecule has 0 spiro atoms. The monoisotopic (exact) mass is 241 g/mol. The Hall–Kier alpha value is -1.73. The summed E-state index contributed by atoms with van der Waals surface area (Å²) in [5.74, 6) is 0. The van der Waals surface area contributed by atoms with Gasteiger partial charge in [0.25, 0.3) is 0 Å². The van der Waals surface area contributed by atoms with Crippen LogP contribution in [0.25, 0.3) is 10.9 Å². The number of aromatic amines is 1. The van der Waals surface area contributed by atoms with Crippen LogP contribution in [0, 0.1) is 0 Å². The molecule has 0 aliphatic heterocycles. The molecule has 1 heterocycles. The molecule has 0 atom stereocenters. The van der Waals surface area contributed by atoms with Gasteiger partial charge in [0.15, 0.2) is 0 Å². The average molecular weight is 242 g/mol. The highest BCUT2D eigenvalue weighted by molar-refractivity contribution is 6.30. The van der Waals surface area contributed by atoms with Crippen molar-refractivity contribution >= 4 is 22.5 Å². The first-order chi connectivity index (χ1) is 8.33. The lowest BCUT2D eigenvalue weighted by molar-refractivity contribution is 1.21. The van der Waals surface area contributed by atoms with Crippen LogP contribution < -0.4 is 0 Å². The number of hydrogen-bond acceptors (Lipinski definition) is 0. The van der Waals surface area contributed by atoms with Gasteiger partial charge in [-0.05, 0) is 35.7 Å². The van der Waals surface area contributed by atoms with E-state index in [4.69, 9.17) is 11.6 Å². The van der Waals surface area contributed by atoms with Crippen molar-refractivity contribution in [3.05, 3.63) is 70.9 Å². The zero-order valence-electron chi connectivity index (χ0n) is 9.28. The van der Waals surface area contributed by atoms with Crippen molar-refractivity contribution in [3.63, 3.8) is 0 Å². The molecule has 0 saturated heterocycles. The lowest BCUT2D eigenvalue weighted by Gasteiger charge is -2.01. The van der Waals surface area contributed by atoms with E-state index in [-0.39, 0.29) is 0 Å². The summed E-state index contributed by atoms with van der Waals surface area (Å²) in [6, 6.07) is 16.4. The summed E-state index contributed by atoms with van der Waals surface area (Å²) >= 11 is 6.00. The predicted molar refractivity (Wildman–Crippen MR) is 72.6 cm³/mol. The molecule has 0 radical (unpaired) electrons. The van der Waals surface area contributed by atoms with E-state index >= 15 is 0 Å². The van der Waals surface area contributed by atoms with Crippen LogP contribution in [-0.2, 0) is 6.42 Å². The standard InChI is InChI=1S/C15H12ClN/c16-13-5-3-4-11(9-13)8-12-10-17-15-7-2-1-6-14(12)15/h1-7,9-10,17H,8H2. The molecule has 2 heteroatoms. The Balaban J connectivity index is 2.00. The molecular weight excluding hydrogens is 230 g/mol. The van der Waals surface area contributed by atoms with Gasteiger partial charge in [0.05, 0.1) is 0 Å². The summed E-state index contributed by atoms with van der Waals surface area (Å²) in [4.78, 5) is 3.29. The van der Waals surface area contributed by atoms with Gasteiger partial charge in [0.1, 0.15) is 0 Å². The van der Waals surface area contributed by atoms with Crippen LogP contribution in [0.15, 0.2) is 54.7 Å². The smallest absolute Gasteiger partial charge is 0.0456 e. The summed E-state index contributed by atoms with van der Waals surface area (Å²) in [7, 11) is 0. The number of halogens is 1. The maximum Gasteiger partial charge on any atom is 0.0456 e. The van der Waals surface area contributed by atoms with Crippen LogP contribution in [0.4, 0.5) is 0 Å². The minimum atomic E-state index is 0.794. The van der Waals surface area contributed by atoms with Gasteiger partial charge in [-0.15, -0.1) is 0 Å². The van der Waals surface area contributed by atoms with Gasteiger partial charge in [0, 0.05) is 22.1 Å². The van der Waals surface area contributed by atoms with Gasteiger partial charge < -0.3 is 4.98 Å². The molecule has 0 fully saturated rings. The summed E-state index contributed by atoms with van der Waals surface area (Å²) in [6.07, 6.45) is 2.98. The summed E-state index contributed by atoms with van der Waals surface area (Å²) < 4.78 is 0. The van der Waals surface area contributed by atoms with E-state index in [1.807, 2.05) is 24.3 Å². The van der Waals surface area contributed by atoms with Crippen molar-refractivity contribution < 1.29 is 0 Å². The van der Waals surface area contributed by atoms with Crippen molar-refractivity contribution in [2.45, 2.75) is 6.42 Å². The van der Waals surface area contributed by atoms with Crippen LogP contribution in [0.5, 0.6) is 0 Å². The molecule has 0 unspecified atom stereocenters. The van der Waals surface area contributed by atoms with E-state index in [1.165, 1.54) is 22.0 Å². The first-order valence-electron chi connectivity index (χ1n) is 5.62. The van der Waals surface area contributed by atoms with Gasteiger partial charge in [0.2, 0.25) is 0 Å². The normalized spacial score (nSPS) is 10.9. The highest BCUT2D eigenvalue weighted by atomic mass is 35.5. The lowest BCUT2D eigenvalue weighted by atomic mass is 10.0. The third-order valence-corrected chi connectivity index (χ3v) is 3.19. The predicted octanol–water partition coefficient (Wildman–Crippen LogP) is 4.41. The molecule has 3 rings (SSSR count). The van der Waals surface area contributed by atoms with Crippen molar-refractivity contribution in [1.29, 1.82) is 0 Å². The Bertz CT molecular complexity index is 655. The molecule has 1 aromatic heterocycles. The maximum absolute atomic E-state index is 6.00. The van der Waals surface area contributed by atoms with Crippen LogP contribution in [0.3, 0.4) is 0 Å². The van der Waals surface area contributed by atoms with Gasteiger partial charge in [-0.3, -0.25) is 0 Å². The van der Waals surface area contributed by atoms with E-state index in [1.54, 1.807) is 0 Å². The molecule has 84 valence electrons. The average Bonchev–Trinajstić information content (AvgIpc) is 2.73. The van der Waals surface area contributed by atoms with E-state index in [0.717, 1.165) is 11.4 Å². The first-order valence-corrected chi connectivity index (χ1v) is 6.00. The third-order valence-electron chi connectivity index (χ3n) is 2.96. The van der Waals surface area contributed by atoms with Crippen LogP contribution in [0.2, 0.25) is 5.02 Å². The molecule has 17 heavy (non-hydrogen) atoms. The fraction of sp³-hybridized carbons (Fsp3) is 0.0667. The Morgan fingerprint density at radius 2 is 1.88 bits per heavy atom. The zero-order chi connectivity index (χ0) is 11.7. The number of benzene rings is 2. The van der Waals surface area contributed by atoms with Crippen molar-refractivity contribution in [3.8, 4) is 0 Å². The highest BCUT2D eigenvalue weighted by Gasteiger charge is 2.03. The van der Waals surface area contributed by atoms with Crippen LogP contribution >= 0.6 is 11.6 Å². The quantitative estimate of drug-likeness (QED) is 0.684. The summed E-state index contributed by atoms with van der Waals surface area (Å²) in [5, 5.41) is 2.08. The zero-order valence-corrected chi connectivity index (χ0v) is 10.0. The molecule has 0 aliphatic carbocycles. The third kappa shape index (κ3) is 2.06. The van der Waals surface area contributed by atoms with E-state index in [0.29, 0.717) is 0 Å². The van der Waals surface area contributed by atoms with Gasteiger partial charge in [-0.1, -0.05) is 41.9 Å². The summed E-state index contributed by atoms with van der Waals surface area (Å²) in [6.45, 7) is 0. The molecule has 2 aromatic carbocycles. The maximum atomic E-state index is 6.00. The second-order valence-electron chi connectivity index (χ2n) is 4.17. The molecule has 1 N–H and O–H groups in total. The Morgan fingerprint density at radius 3 is 2.76 bits per heavy atom. The fourth-order valence-corrected chi connectivity index (χ4v) is 2.36. The Morgan fingerprint density at radius 1 is 1.00 bits per heavy atom. The molecule has 0 amide bonds. The van der Waals surface area contributed by atoms with Gasteiger partial charge >= 0.3 is 0 Å². The van der Waals surface area contributed by atoms with Crippen molar-refractivity contribution in [2.24, 2.45) is 0 Å². The number of aromatic nitrogens is 1. The largest absolute Gasteiger partial charge is 0.361 e. The number of rotatable bonds is 2. The number of hydrogen-bond donors (Lipinski definition) is 1. The summed E-state index contributed by atoms with van der Waals surface area (Å²) in [5.41, 5.74) is 3.73. The number of H-pyrrole nitrogens is 1. The van der Waals surface area contributed by atoms with Crippen LogP contribution in [-0.4, -0.2) is 4.98 Å². The molecular formula is C15H12ClN. The fourth-order valence-electron chi connectivity index (χ4n) is 2.14. The number of para-hydroxylation sites is 1. The van der Waals surface area contributed by atoms with E-state index < -0.39 is 0 Å². The van der Waals surface area contributed by atoms with Crippen LogP contribution in [0.1, 0.15) is 11.1 Å². The second kappa shape index (κ2) is 4.27. The van der Waals surface area contributed by atoms with Gasteiger partial charge in [-0.25, -0.2) is 0 Å². The Labute approximate surface area is 105 Å². The van der Waals surface area contributed by atoms with Crippen molar-refractivity contribution in [2.75, 3.05) is 0 Å². The molecule has 0 bridgehead atoms. The SMILES string of the molecule is Clc1cccc(Cc2c[nH]c3ccccc23)c1. The topological polar surface area (TPSA) is 15.8 Å². The lowest BCUT2D eigenvalue weighted by Crippen LogP contribution is -1.86.